The van der Waals surface area contributed by atoms with Gasteiger partial charge < -0.3 is 5.73 Å². The quantitative estimate of drug-likeness (QED) is 0.663. The smallest absolute Gasteiger partial charge is 0.0931 e. The average Bonchev–Trinajstić information content (AvgIpc) is 2.16. The lowest BCUT2D eigenvalue weighted by Gasteiger charge is -2.18. The van der Waals surface area contributed by atoms with E-state index in [1.807, 2.05) is 24.4 Å². The molecule has 0 saturated carbocycles. The predicted octanol–water partition coefficient (Wildman–Crippen LogP) is 3.11. The van der Waals surface area contributed by atoms with Crippen LogP contribution < -0.4 is 5.73 Å². The van der Waals surface area contributed by atoms with E-state index in [1.165, 1.54) is 5.56 Å². The van der Waals surface area contributed by atoms with Crippen LogP contribution >= 0.6 is 0 Å². The lowest BCUT2D eigenvalue weighted by molar-refractivity contribution is 0.589. The molecule has 0 atom stereocenters. The average molecular weight is 200 g/mol. The summed E-state index contributed by atoms with van der Waals surface area (Å²) in [6.07, 6.45) is 1.92. The lowest BCUT2D eigenvalue weighted by Crippen LogP contribution is -2.11. The predicted molar refractivity (Wildman–Crippen MR) is 64.9 cm³/mol. The topological polar surface area (TPSA) is 38.9 Å². The standard InChI is InChI=1S/C13H16N2/c1-13(2,3)10-7-9-5-4-6-11(14)12(9)15-8-10/h4-8H,14H2,1-3H3. The molecule has 1 aromatic carbocycles. The molecule has 15 heavy (non-hydrogen) atoms. The van der Waals surface area contributed by atoms with E-state index < -0.39 is 0 Å². The molecule has 2 N–H and O–H groups in total. The zero-order valence-electron chi connectivity index (χ0n) is 9.41. The summed E-state index contributed by atoms with van der Waals surface area (Å²) in [6, 6.07) is 8.06. The SMILES string of the molecule is CC(C)(C)c1cnc2c(N)cccc2c1. The Balaban J connectivity index is 2.68. The van der Waals surface area contributed by atoms with Gasteiger partial charge in [-0.1, -0.05) is 32.9 Å². The summed E-state index contributed by atoms with van der Waals surface area (Å²) in [4.78, 5) is 4.42. The fourth-order valence-electron chi connectivity index (χ4n) is 1.59. The third kappa shape index (κ3) is 1.80. The van der Waals surface area contributed by atoms with Crippen molar-refractivity contribution in [2.75, 3.05) is 5.73 Å². The molecule has 0 radical (unpaired) electrons. The van der Waals surface area contributed by atoms with Crippen molar-refractivity contribution in [2.24, 2.45) is 0 Å². The Hall–Kier alpha value is -1.57. The molecule has 2 aromatic rings. The molecule has 2 heteroatoms. The van der Waals surface area contributed by atoms with Crippen LogP contribution in [-0.4, -0.2) is 4.98 Å². The van der Waals surface area contributed by atoms with E-state index in [-0.39, 0.29) is 5.41 Å². The molecule has 0 saturated heterocycles. The van der Waals surface area contributed by atoms with Gasteiger partial charge in [-0.05, 0) is 23.1 Å². The van der Waals surface area contributed by atoms with Crippen LogP contribution in [-0.2, 0) is 5.41 Å². The van der Waals surface area contributed by atoms with E-state index in [1.54, 1.807) is 0 Å². The van der Waals surface area contributed by atoms with Gasteiger partial charge in [0.15, 0.2) is 0 Å². The number of pyridine rings is 1. The van der Waals surface area contributed by atoms with Gasteiger partial charge in [0, 0.05) is 11.6 Å². The largest absolute Gasteiger partial charge is 0.397 e. The lowest BCUT2D eigenvalue weighted by atomic mass is 9.87. The summed E-state index contributed by atoms with van der Waals surface area (Å²) < 4.78 is 0. The second-order valence-corrected chi connectivity index (χ2v) is 4.89. The number of hydrogen-bond acceptors (Lipinski definition) is 2. The highest BCUT2D eigenvalue weighted by Gasteiger charge is 2.14. The van der Waals surface area contributed by atoms with Gasteiger partial charge in [-0.25, -0.2) is 0 Å². The minimum Gasteiger partial charge on any atom is -0.397 e. The zero-order chi connectivity index (χ0) is 11.1. The second kappa shape index (κ2) is 3.23. The number of nitrogens with zero attached hydrogens (tertiary/aromatic N) is 1. The Morgan fingerprint density at radius 2 is 1.93 bits per heavy atom. The number of aromatic nitrogens is 1. The number of anilines is 1. The maximum Gasteiger partial charge on any atom is 0.0931 e. The maximum absolute atomic E-state index is 5.85. The third-order valence-corrected chi connectivity index (χ3v) is 2.61. The van der Waals surface area contributed by atoms with Crippen LogP contribution in [0.3, 0.4) is 0 Å². The highest BCUT2D eigenvalue weighted by molar-refractivity contribution is 5.89. The number of nitrogens with two attached hydrogens (primary N) is 1. The Kier molecular flexibility index (Phi) is 2.14. The number of fused-ring (bicyclic) bond motifs is 1. The molecule has 0 amide bonds. The van der Waals surface area contributed by atoms with Crippen molar-refractivity contribution in [3.8, 4) is 0 Å². The Morgan fingerprint density at radius 3 is 2.60 bits per heavy atom. The van der Waals surface area contributed by atoms with E-state index in [9.17, 15) is 0 Å². The molecular weight excluding hydrogens is 184 g/mol. The monoisotopic (exact) mass is 200 g/mol. The van der Waals surface area contributed by atoms with Gasteiger partial charge in [-0.15, -0.1) is 0 Å². The number of hydrogen-bond donors (Lipinski definition) is 1. The van der Waals surface area contributed by atoms with Crippen molar-refractivity contribution >= 4 is 16.6 Å². The summed E-state index contributed by atoms with van der Waals surface area (Å²) in [5, 5.41) is 1.11. The first-order chi connectivity index (χ1) is 6.98. The van der Waals surface area contributed by atoms with E-state index >= 15 is 0 Å². The van der Waals surface area contributed by atoms with Crippen molar-refractivity contribution in [1.29, 1.82) is 0 Å². The molecule has 0 unspecified atom stereocenters. The van der Waals surface area contributed by atoms with Crippen molar-refractivity contribution in [3.63, 3.8) is 0 Å². The van der Waals surface area contributed by atoms with E-state index in [4.69, 9.17) is 5.73 Å². The van der Waals surface area contributed by atoms with E-state index in [0.717, 1.165) is 16.6 Å². The minimum absolute atomic E-state index is 0.131. The van der Waals surface area contributed by atoms with Crippen molar-refractivity contribution in [1.82, 2.24) is 4.98 Å². The number of nitrogen functional groups attached to an aromatic ring is 1. The molecule has 2 rings (SSSR count). The zero-order valence-corrected chi connectivity index (χ0v) is 9.41. The van der Waals surface area contributed by atoms with Gasteiger partial charge >= 0.3 is 0 Å². The fourth-order valence-corrected chi connectivity index (χ4v) is 1.59. The summed E-state index contributed by atoms with van der Waals surface area (Å²) in [7, 11) is 0. The summed E-state index contributed by atoms with van der Waals surface area (Å²) >= 11 is 0. The van der Waals surface area contributed by atoms with Gasteiger partial charge in [-0.2, -0.15) is 0 Å². The fraction of sp³-hybridized carbons (Fsp3) is 0.308. The highest BCUT2D eigenvalue weighted by atomic mass is 14.7. The third-order valence-electron chi connectivity index (χ3n) is 2.61. The Bertz CT molecular complexity index is 495. The van der Waals surface area contributed by atoms with Crippen LogP contribution in [0.25, 0.3) is 10.9 Å². The first-order valence-corrected chi connectivity index (χ1v) is 5.13. The molecule has 2 nitrogen and oxygen atoms in total. The normalized spacial score (nSPS) is 11.9. The molecule has 78 valence electrons. The molecule has 0 bridgehead atoms. The highest BCUT2D eigenvalue weighted by Crippen LogP contribution is 2.26. The van der Waals surface area contributed by atoms with Crippen molar-refractivity contribution in [3.05, 3.63) is 36.0 Å². The minimum atomic E-state index is 0.131. The number of benzene rings is 1. The summed E-state index contributed by atoms with van der Waals surface area (Å²) in [5.41, 5.74) is 8.86. The van der Waals surface area contributed by atoms with Crippen LogP contribution in [0.4, 0.5) is 5.69 Å². The molecule has 0 aliphatic heterocycles. The molecule has 0 spiro atoms. The van der Waals surface area contributed by atoms with Crippen LogP contribution in [0.1, 0.15) is 26.3 Å². The van der Waals surface area contributed by atoms with E-state index in [2.05, 4.69) is 31.8 Å². The van der Waals surface area contributed by atoms with Crippen LogP contribution in [0, 0.1) is 0 Å². The maximum atomic E-state index is 5.85. The van der Waals surface area contributed by atoms with Crippen LogP contribution in [0.2, 0.25) is 0 Å². The van der Waals surface area contributed by atoms with Crippen molar-refractivity contribution < 1.29 is 0 Å². The Morgan fingerprint density at radius 1 is 1.20 bits per heavy atom. The van der Waals surface area contributed by atoms with Crippen LogP contribution in [0.15, 0.2) is 30.5 Å². The summed E-state index contributed by atoms with van der Waals surface area (Å²) in [6.45, 7) is 6.55. The van der Waals surface area contributed by atoms with Crippen LogP contribution in [0.5, 0.6) is 0 Å². The van der Waals surface area contributed by atoms with Gasteiger partial charge in [0.05, 0.1) is 11.2 Å². The first kappa shape index (κ1) is 9.97. The molecule has 0 aliphatic carbocycles. The molecule has 0 fully saturated rings. The van der Waals surface area contributed by atoms with Gasteiger partial charge in [0.2, 0.25) is 0 Å². The molecular formula is C13H16N2. The Labute approximate surface area is 90.1 Å². The molecule has 1 aromatic heterocycles. The molecule has 1 heterocycles. The van der Waals surface area contributed by atoms with E-state index in [0.29, 0.717) is 0 Å². The van der Waals surface area contributed by atoms with Crippen molar-refractivity contribution in [2.45, 2.75) is 26.2 Å². The van der Waals surface area contributed by atoms with Gasteiger partial charge in [-0.3, -0.25) is 4.98 Å². The summed E-state index contributed by atoms with van der Waals surface area (Å²) in [5.74, 6) is 0. The first-order valence-electron chi connectivity index (χ1n) is 5.13. The molecule has 0 aliphatic rings. The number of rotatable bonds is 0. The second-order valence-electron chi connectivity index (χ2n) is 4.89. The number of para-hydroxylation sites is 1. The van der Waals surface area contributed by atoms with Gasteiger partial charge in [0.25, 0.3) is 0 Å². The van der Waals surface area contributed by atoms with Gasteiger partial charge in [0.1, 0.15) is 0 Å².